The molecule has 2 aromatic carbocycles. The first kappa shape index (κ1) is 23.4. The Bertz CT molecular complexity index is 1050. The minimum Gasteiger partial charge on any atom is -0.368 e. The predicted octanol–water partition coefficient (Wildman–Crippen LogP) is 3.85. The normalized spacial score (nSPS) is 15.6. The highest BCUT2D eigenvalue weighted by Crippen LogP contribution is 2.28. The van der Waals surface area contributed by atoms with Gasteiger partial charge in [0.2, 0.25) is 15.9 Å². The molecular weight excluding hydrogens is 434 g/mol. The van der Waals surface area contributed by atoms with E-state index in [9.17, 15) is 13.2 Å². The van der Waals surface area contributed by atoms with Gasteiger partial charge in [0.05, 0.1) is 11.9 Å². The first-order chi connectivity index (χ1) is 14.6. The highest BCUT2D eigenvalue weighted by atomic mass is 35.5. The SMILES string of the molecule is CC[C@H](C(=O)N1CCN(c2cccc(C)c2C)CC1)N(c1cccc(Cl)c1)S(C)(=O)=O. The molecule has 31 heavy (non-hydrogen) atoms. The lowest BCUT2D eigenvalue weighted by atomic mass is 10.1. The maximum absolute atomic E-state index is 13.4. The number of carbonyl (C=O) groups excluding carboxylic acids is 1. The fourth-order valence-corrected chi connectivity index (χ4v) is 5.50. The second kappa shape index (κ2) is 9.49. The molecule has 1 aliphatic heterocycles. The summed E-state index contributed by atoms with van der Waals surface area (Å²) in [7, 11) is -3.68. The molecule has 0 aromatic heterocycles. The van der Waals surface area contributed by atoms with E-state index in [1.54, 1.807) is 29.2 Å². The number of aryl methyl sites for hydroxylation is 1. The predicted molar refractivity (Wildman–Crippen MR) is 128 cm³/mol. The molecule has 3 rings (SSSR count). The van der Waals surface area contributed by atoms with Crippen molar-refractivity contribution < 1.29 is 13.2 Å². The van der Waals surface area contributed by atoms with Crippen LogP contribution in [-0.2, 0) is 14.8 Å². The summed E-state index contributed by atoms with van der Waals surface area (Å²) in [4.78, 5) is 17.5. The van der Waals surface area contributed by atoms with E-state index in [0.717, 1.165) is 6.26 Å². The maximum atomic E-state index is 13.4. The summed E-state index contributed by atoms with van der Waals surface area (Å²) in [6, 6.07) is 12.1. The number of sulfonamides is 1. The van der Waals surface area contributed by atoms with Gasteiger partial charge in [-0.15, -0.1) is 0 Å². The molecule has 0 unspecified atom stereocenters. The Morgan fingerprint density at radius 3 is 2.32 bits per heavy atom. The number of carbonyl (C=O) groups is 1. The van der Waals surface area contributed by atoms with Crippen LogP contribution in [0.2, 0.25) is 5.02 Å². The van der Waals surface area contributed by atoms with Gasteiger partial charge in [0.15, 0.2) is 0 Å². The molecule has 0 aliphatic carbocycles. The Morgan fingerprint density at radius 1 is 1.10 bits per heavy atom. The number of piperazine rings is 1. The Labute approximate surface area is 190 Å². The maximum Gasteiger partial charge on any atom is 0.246 e. The molecule has 1 heterocycles. The lowest BCUT2D eigenvalue weighted by Crippen LogP contribution is -2.56. The third-order valence-corrected chi connectivity index (χ3v) is 7.30. The van der Waals surface area contributed by atoms with Gasteiger partial charge in [-0.25, -0.2) is 8.42 Å². The fourth-order valence-electron chi connectivity index (χ4n) is 4.11. The minimum absolute atomic E-state index is 0.173. The molecule has 8 heteroatoms. The smallest absolute Gasteiger partial charge is 0.246 e. The van der Waals surface area contributed by atoms with Crippen LogP contribution in [0.25, 0.3) is 0 Å². The van der Waals surface area contributed by atoms with Crippen LogP contribution in [0.3, 0.4) is 0 Å². The third kappa shape index (κ3) is 5.15. The zero-order chi connectivity index (χ0) is 22.8. The highest BCUT2D eigenvalue weighted by Gasteiger charge is 2.35. The molecule has 0 radical (unpaired) electrons. The quantitative estimate of drug-likeness (QED) is 0.652. The third-order valence-electron chi connectivity index (χ3n) is 5.88. The summed E-state index contributed by atoms with van der Waals surface area (Å²) in [6.07, 6.45) is 1.50. The number of amides is 1. The molecule has 2 aromatic rings. The summed E-state index contributed by atoms with van der Waals surface area (Å²) < 4.78 is 26.5. The van der Waals surface area contributed by atoms with Crippen molar-refractivity contribution in [1.82, 2.24) is 4.90 Å². The molecule has 0 spiro atoms. The van der Waals surface area contributed by atoms with Crippen LogP contribution in [0, 0.1) is 13.8 Å². The molecule has 1 amide bonds. The average Bonchev–Trinajstić information content (AvgIpc) is 2.72. The van der Waals surface area contributed by atoms with E-state index in [-0.39, 0.29) is 5.91 Å². The van der Waals surface area contributed by atoms with Crippen LogP contribution in [0.1, 0.15) is 24.5 Å². The number of nitrogens with zero attached hydrogens (tertiary/aromatic N) is 3. The standard InChI is InChI=1S/C23H30ClN3O3S/c1-5-21(27(31(4,29)30)20-10-7-9-19(24)16-20)23(28)26-14-12-25(13-15-26)22-11-6-8-17(2)18(22)3/h6-11,16,21H,5,12-15H2,1-4H3/t21-/m1/s1. The lowest BCUT2D eigenvalue weighted by molar-refractivity contribution is -0.132. The van der Waals surface area contributed by atoms with Gasteiger partial charge in [0.25, 0.3) is 0 Å². The van der Waals surface area contributed by atoms with E-state index in [0.29, 0.717) is 43.3 Å². The van der Waals surface area contributed by atoms with Crippen molar-refractivity contribution in [3.8, 4) is 0 Å². The van der Waals surface area contributed by atoms with Crippen molar-refractivity contribution in [2.45, 2.75) is 33.2 Å². The van der Waals surface area contributed by atoms with Crippen LogP contribution in [0.5, 0.6) is 0 Å². The van der Waals surface area contributed by atoms with E-state index in [2.05, 4.69) is 36.9 Å². The molecule has 1 fully saturated rings. The van der Waals surface area contributed by atoms with Crippen molar-refractivity contribution in [2.75, 3.05) is 41.6 Å². The molecule has 168 valence electrons. The number of hydrogen-bond donors (Lipinski definition) is 0. The van der Waals surface area contributed by atoms with E-state index in [1.165, 1.54) is 21.1 Å². The Hall–Kier alpha value is -2.25. The summed E-state index contributed by atoms with van der Waals surface area (Å²) in [5.74, 6) is -0.173. The Morgan fingerprint density at radius 2 is 1.74 bits per heavy atom. The van der Waals surface area contributed by atoms with Crippen molar-refractivity contribution in [3.63, 3.8) is 0 Å². The fraction of sp³-hybridized carbons (Fsp3) is 0.435. The van der Waals surface area contributed by atoms with Gasteiger partial charge < -0.3 is 9.80 Å². The number of hydrogen-bond acceptors (Lipinski definition) is 4. The van der Waals surface area contributed by atoms with Gasteiger partial charge in [0.1, 0.15) is 6.04 Å². The highest BCUT2D eigenvalue weighted by molar-refractivity contribution is 7.92. The van der Waals surface area contributed by atoms with Gasteiger partial charge in [-0.1, -0.05) is 36.7 Å². The zero-order valence-electron chi connectivity index (χ0n) is 18.5. The number of anilines is 2. The topological polar surface area (TPSA) is 60.9 Å². The molecule has 1 aliphatic rings. The van der Waals surface area contributed by atoms with E-state index in [4.69, 9.17) is 11.6 Å². The first-order valence-electron chi connectivity index (χ1n) is 10.5. The van der Waals surface area contributed by atoms with Crippen LogP contribution < -0.4 is 9.21 Å². The monoisotopic (exact) mass is 463 g/mol. The second-order valence-corrected chi connectivity index (χ2v) is 10.3. The lowest BCUT2D eigenvalue weighted by Gasteiger charge is -2.40. The summed E-state index contributed by atoms with van der Waals surface area (Å²) in [5.41, 5.74) is 4.09. The van der Waals surface area contributed by atoms with Crippen LogP contribution in [0.15, 0.2) is 42.5 Å². The van der Waals surface area contributed by atoms with E-state index >= 15 is 0 Å². The number of benzene rings is 2. The van der Waals surface area contributed by atoms with Gasteiger partial charge in [-0.3, -0.25) is 9.10 Å². The van der Waals surface area contributed by atoms with E-state index in [1.807, 2.05) is 6.92 Å². The zero-order valence-corrected chi connectivity index (χ0v) is 20.1. The molecule has 0 N–H and O–H groups in total. The van der Waals surface area contributed by atoms with Crippen LogP contribution in [-0.4, -0.2) is 57.7 Å². The van der Waals surface area contributed by atoms with Crippen molar-refractivity contribution in [3.05, 3.63) is 58.6 Å². The van der Waals surface area contributed by atoms with Crippen LogP contribution >= 0.6 is 11.6 Å². The summed E-state index contributed by atoms with van der Waals surface area (Å²) >= 11 is 6.09. The van der Waals surface area contributed by atoms with E-state index < -0.39 is 16.1 Å². The van der Waals surface area contributed by atoms with Crippen molar-refractivity contribution >= 4 is 38.9 Å². The molecule has 1 atom stereocenters. The van der Waals surface area contributed by atoms with Crippen molar-refractivity contribution in [1.29, 1.82) is 0 Å². The molecular formula is C23H30ClN3O3S. The molecule has 1 saturated heterocycles. The second-order valence-electron chi connectivity index (χ2n) is 7.99. The molecule has 0 saturated carbocycles. The first-order valence-corrected chi connectivity index (χ1v) is 12.7. The van der Waals surface area contributed by atoms with Crippen LogP contribution in [0.4, 0.5) is 11.4 Å². The van der Waals surface area contributed by atoms with Gasteiger partial charge in [-0.2, -0.15) is 0 Å². The number of rotatable bonds is 6. The molecule has 6 nitrogen and oxygen atoms in total. The molecule has 0 bridgehead atoms. The minimum atomic E-state index is -3.68. The van der Waals surface area contributed by atoms with Gasteiger partial charge >= 0.3 is 0 Å². The average molecular weight is 464 g/mol. The Kier molecular flexibility index (Phi) is 7.17. The summed E-state index contributed by atoms with van der Waals surface area (Å²) in [6.45, 7) is 8.57. The van der Waals surface area contributed by atoms with Gasteiger partial charge in [0, 0.05) is 36.9 Å². The number of halogens is 1. The van der Waals surface area contributed by atoms with Crippen molar-refractivity contribution in [2.24, 2.45) is 0 Å². The Balaban J connectivity index is 1.79. The summed E-state index contributed by atoms with van der Waals surface area (Å²) in [5, 5.41) is 0.426. The largest absolute Gasteiger partial charge is 0.368 e. The van der Waals surface area contributed by atoms with Gasteiger partial charge in [-0.05, 0) is 55.7 Å².